The Balaban J connectivity index is 1.53. The highest BCUT2D eigenvalue weighted by Gasteiger charge is 2.07. The van der Waals surface area contributed by atoms with Gasteiger partial charge in [-0.3, -0.25) is 4.79 Å². The molecule has 0 fully saturated rings. The first-order valence-electron chi connectivity index (χ1n) is 9.91. The minimum absolute atomic E-state index is 0.165. The van der Waals surface area contributed by atoms with E-state index in [0.29, 0.717) is 30.4 Å². The maximum Gasteiger partial charge on any atom is 0.255 e. The summed E-state index contributed by atoms with van der Waals surface area (Å²) in [4.78, 5) is 12.5. The van der Waals surface area contributed by atoms with Gasteiger partial charge in [0.2, 0.25) is 0 Å². The van der Waals surface area contributed by atoms with E-state index in [1.165, 1.54) is 5.56 Å². The van der Waals surface area contributed by atoms with Crippen molar-refractivity contribution in [3.63, 3.8) is 0 Å². The van der Waals surface area contributed by atoms with Gasteiger partial charge in [0.25, 0.3) is 5.91 Å². The number of rotatable bonds is 9. The quantitative estimate of drug-likeness (QED) is 0.518. The van der Waals surface area contributed by atoms with Crippen molar-refractivity contribution in [2.24, 2.45) is 5.92 Å². The van der Waals surface area contributed by atoms with Crippen LogP contribution < -0.4 is 14.8 Å². The molecule has 0 aromatic heterocycles. The zero-order valence-corrected chi connectivity index (χ0v) is 16.9. The van der Waals surface area contributed by atoms with Gasteiger partial charge in [-0.2, -0.15) is 0 Å². The van der Waals surface area contributed by atoms with Crippen LogP contribution in [-0.4, -0.2) is 19.1 Å². The van der Waals surface area contributed by atoms with Crippen LogP contribution in [0.25, 0.3) is 0 Å². The SMILES string of the molecule is CC(C)COc1ccc(C(=O)Nc2cccc(OCCc3ccccc3)c2)cc1. The molecule has 0 aliphatic carbocycles. The summed E-state index contributed by atoms with van der Waals surface area (Å²) in [7, 11) is 0. The van der Waals surface area contributed by atoms with E-state index < -0.39 is 0 Å². The van der Waals surface area contributed by atoms with Crippen LogP contribution in [0.1, 0.15) is 29.8 Å². The topological polar surface area (TPSA) is 47.6 Å². The van der Waals surface area contributed by atoms with Gasteiger partial charge in [-0.25, -0.2) is 0 Å². The fourth-order valence-electron chi connectivity index (χ4n) is 2.76. The van der Waals surface area contributed by atoms with Gasteiger partial charge in [0.05, 0.1) is 13.2 Å². The molecule has 0 aliphatic rings. The first-order chi connectivity index (χ1) is 14.1. The molecule has 0 bridgehead atoms. The molecule has 0 heterocycles. The van der Waals surface area contributed by atoms with Crippen LogP contribution in [0, 0.1) is 5.92 Å². The highest BCUT2D eigenvalue weighted by atomic mass is 16.5. The molecular formula is C25H27NO3. The molecule has 1 N–H and O–H groups in total. The average molecular weight is 389 g/mol. The predicted octanol–water partition coefficient (Wildman–Crippen LogP) is 5.60. The molecule has 3 rings (SSSR count). The van der Waals surface area contributed by atoms with Gasteiger partial charge in [0.1, 0.15) is 11.5 Å². The molecule has 4 nitrogen and oxygen atoms in total. The van der Waals surface area contributed by atoms with E-state index in [-0.39, 0.29) is 5.91 Å². The number of ether oxygens (including phenoxy) is 2. The van der Waals surface area contributed by atoms with Gasteiger partial charge in [-0.05, 0) is 47.9 Å². The number of anilines is 1. The molecule has 0 saturated heterocycles. The van der Waals surface area contributed by atoms with Crippen LogP contribution in [0.4, 0.5) is 5.69 Å². The van der Waals surface area contributed by atoms with E-state index in [4.69, 9.17) is 9.47 Å². The van der Waals surface area contributed by atoms with Gasteiger partial charge in [-0.1, -0.05) is 50.2 Å². The third kappa shape index (κ3) is 6.68. The summed E-state index contributed by atoms with van der Waals surface area (Å²) in [6.07, 6.45) is 0.836. The Kier molecular flexibility index (Phi) is 7.28. The Bertz CT molecular complexity index is 905. The second kappa shape index (κ2) is 10.3. The van der Waals surface area contributed by atoms with Crippen LogP contribution in [0.3, 0.4) is 0 Å². The van der Waals surface area contributed by atoms with Crippen LogP contribution in [0.2, 0.25) is 0 Å². The summed E-state index contributed by atoms with van der Waals surface area (Å²) >= 11 is 0. The van der Waals surface area contributed by atoms with Gasteiger partial charge in [0.15, 0.2) is 0 Å². The predicted molar refractivity (Wildman–Crippen MR) is 117 cm³/mol. The number of carbonyl (C=O) groups excluding carboxylic acids is 1. The molecule has 0 unspecified atom stereocenters. The Morgan fingerprint density at radius 2 is 1.62 bits per heavy atom. The largest absolute Gasteiger partial charge is 0.493 e. The monoisotopic (exact) mass is 389 g/mol. The number of benzene rings is 3. The van der Waals surface area contributed by atoms with Gasteiger partial charge < -0.3 is 14.8 Å². The first-order valence-corrected chi connectivity index (χ1v) is 9.91. The third-order valence-corrected chi connectivity index (χ3v) is 4.29. The lowest BCUT2D eigenvalue weighted by atomic mass is 10.2. The third-order valence-electron chi connectivity index (χ3n) is 4.29. The summed E-state index contributed by atoms with van der Waals surface area (Å²) < 4.78 is 11.5. The van der Waals surface area contributed by atoms with Crippen molar-refractivity contribution in [3.05, 3.63) is 90.0 Å². The van der Waals surface area contributed by atoms with Crippen molar-refractivity contribution >= 4 is 11.6 Å². The zero-order chi connectivity index (χ0) is 20.5. The molecule has 4 heteroatoms. The maximum absolute atomic E-state index is 12.5. The van der Waals surface area contributed by atoms with Gasteiger partial charge >= 0.3 is 0 Å². The maximum atomic E-state index is 12.5. The minimum Gasteiger partial charge on any atom is -0.493 e. The summed E-state index contributed by atoms with van der Waals surface area (Å²) in [6, 6.07) is 24.8. The number of nitrogens with one attached hydrogen (secondary N) is 1. The van der Waals surface area contributed by atoms with E-state index in [2.05, 4.69) is 31.3 Å². The zero-order valence-electron chi connectivity index (χ0n) is 16.9. The normalized spacial score (nSPS) is 10.6. The van der Waals surface area contributed by atoms with E-state index in [9.17, 15) is 4.79 Å². The first kappa shape index (κ1) is 20.5. The standard InChI is InChI=1S/C25H27NO3/c1-19(2)18-29-23-13-11-21(12-14-23)25(27)26-22-9-6-10-24(17-22)28-16-15-20-7-4-3-5-8-20/h3-14,17,19H,15-16,18H2,1-2H3,(H,26,27). The van der Waals surface area contributed by atoms with Crippen LogP contribution in [0.5, 0.6) is 11.5 Å². The number of carbonyl (C=O) groups is 1. The molecule has 3 aromatic rings. The smallest absolute Gasteiger partial charge is 0.255 e. The molecule has 150 valence electrons. The number of amides is 1. The molecule has 1 amide bonds. The molecule has 0 saturated carbocycles. The lowest BCUT2D eigenvalue weighted by molar-refractivity contribution is 0.102. The summed E-state index contributed by atoms with van der Waals surface area (Å²) in [6.45, 7) is 5.44. The summed E-state index contributed by atoms with van der Waals surface area (Å²) in [5, 5.41) is 2.92. The number of hydrogen-bond donors (Lipinski definition) is 1. The van der Waals surface area contributed by atoms with Crippen molar-refractivity contribution in [2.45, 2.75) is 20.3 Å². The van der Waals surface area contributed by atoms with Crippen molar-refractivity contribution in [1.29, 1.82) is 0 Å². The summed E-state index contributed by atoms with van der Waals surface area (Å²) in [5.41, 5.74) is 2.52. The average Bonchev–Trinajstić information content (AvgIpc) is 2.74. The van der Waals surface area contributed by atoms with E-state index in [1.54, 1.807) is 12.1 Å². The highest BCUT2D eigenvalue weighted by molar-refractivity contribution is 6.04. The van der Waals surface area contributed by atoms with Crippen molar-refractivity contribution in [1.82, 2.24) is 0 Å². The lowest BCUT2D eigenvalue weighted by Gasteiger charge is -2.11. The molecule has 29 heavy (non-hydrogen) atoms. The Labute approximate surface area is 172 Å². The molecule has 0 radical (unpaired) electrons. The second-order valence-electron chi connectivity index (χ2n) is 7.30. The van der Waals surface area contributed by atoms with Gasteiger partial charge in [0, 0.05) is 23.7 Å². The Hall–Kier alpha value is -3.27. The number of hydrogen-bond acceptors (Lipinski definition) is 3. The lowest BCUT2D eigenvalue weighted by Crippen LogP contribution is -2.12. The van der Waals surface area contributed by atoms with Crippen molar-refractivity contribution in [2.75, 3.05) is 18.5 Å². The van der Waals surface area contributed by atoms with Gasteiger partial charge in [-0.15, -0.1) is 0 Å². The summed E-state index contributed by atoms with van der Waals surface area (Å²) in [5.74, 6) is 1.79. The fourth-order valence-corrected chi connectivity index (χ4v) is 2.76. The second-order valence-corrected chi connectivity index (χ2v) is 7.30. The van der Waals surface area contributed by atoms with E-state index in [1.807, 2.05) is 54.6 Å². The molecule has 3 aromatic carbocycles. The van der Waals surface area contributed by atoms with E-state index in [0.717, 1.165) is 17.9 Å². The highest BCUT2D eigenvalue weighted by Crippen LogP contribution is 2.19. The molecule has 0 atom stereocenters. The Morgan fingerprint density at radius 3 is 2.34 bits per heavy atom. The molecule has 0 spiro atoms. The van der Waals surface area contributed by atoms with Crippen molar-refractivity contribution < 1.29 is 14.3 Å². The van der Waals surface area contributed by atoms with E-state index >= 15 is 0 Å². The van der Waals surface area contributed by atoms with Crippen LogP contribution in [0.15, 0.2) is 78.9 Å². The fraction of sp³-hybridized carbons (Fsp3) is 0.240. The Morgan fingerprint density at radius 1 is 0.862 bits per heavy atom. The minimum atomic E-state index is -0.165. The van der Waals surface area contributed by atoms with Crippen molar-refractivity contribution in [3.8, 4) is 11.5 Å². The van der Waals surface area contributed by atoms with Crippen LogP contribution >= 0.6 is 0 Å². The van der Waals surface area contributed by atoms with Crippen LogP contribution in [-0.2, 0) is 6.42 Å². The molecular weight excluding hydrogens is 362 g/mol. The molecule has 0 aliphatic heterocycles.